The third-order valence-electron chi connectivity index (χ3n) is 6.91. The number of aromatic nitrogens is 1. The van der Waals surface area contributed by atoms with Gasteiger partial charge in [0.25, 0.3) is 0 Å². The highest BCUT2D eigenvalue weighted by atomic mass is 16.5. The molecule has 0 saturated heterocycles. The molecule has 1 heterocycles. The largest absolute Gasteiger partial charge is 0.466 e. The fourth-order valence-corrected chi connectivity index (χ4v) is 5.52. The maximum Gasteiger partial charge on any atom is 0.309 e. The zero-order chi connectivity index (χ0) is 23.1. The van der Waals surface area contributed by atoms with Crippen LogP contribution in [0.1, 0.15) is 18.1 Å². The maximum atomic E-state index is 12.9. The van der Waals surface area contributed by atoms with Crippen molar-refractivity contribution in [2.45, 2.75) is 19.8 Å². The summed E-state index contributed by atoms with van der Waals surface area (Å²) in [5.41, 5.74) is 8.21. The molecule has 4 aromatic carbocycles. The molecule has 0 aliphatic heterocycles. The molecule has 3 nitrogen and oxygen atoms in total. The lowest BCUT2D eigenvalue weighted by Gasteiger charge is -2.20. The Balaban J connectivity index is 1.77. The first-order chi connectivity index (χ1) is 16.8. The molecule has 1 aliphatic carbocycles. The first-order valence-corrected chi connectivity index (χ1v) is 11.9. The first kappa shape index (κ1) is 20.6. The third kappa shape index (κ3) is 3.28. The molecule has 6 rings (SSSR count). The van der Waals surface area contributed by atoms with E-state index in [4.69, 9.17) is 9.72 Å². The molecule has 0 N–H and O–H groups in total. The number of carbonyl (C=O) groups is 1. The molecule has 1 aliphatic rings. The summed E-state index contributed by atoms with van der Waals surface area (Å²) in [6.45, 7) is 2.27. The molecule has 0 spiro atoms. The Morgan fingerprint density at radius 3 is 2.06 bits per heavy atom. The van der Waals surface area contributed by atoms with E-state index >= 15 is 0 Å². The maximum absolute atomic E-state index is 12.9. The Hall–Kier alpha value is -3.98. The molecule has 1 atom stereocenters. The van der Waals surface area contributed by atoms with Gasteiger partial charge in [-0.2, -0.15) is 0 Å². The van der Waals surface area contributed by atoms with Crippen molar-refractivity contribution in [2.24, 2.45) is 5.92 Å². The van der Waals surface area contributed by atoms with Crippen LogP contribution in [-0.2, 0) is 22.4 Å². The van der Waals surface area contributed by atoms with Crippen LogP contribution in [0.2, 0.25) is 0 Å². The van der Waals surface area contributed by atoms with Crippen molar-refractivity contribution in [1.82, 2.24) is 4.98 Å². The molecule has 1 unspecified atom stereocenters. The molecule has 5 aromatic rings. The molecule has 0 amide bonds. The van der Waals surface area contributed by atoms with Gasteiger partial charge in [0, 0.05) is 22.4 Å². The second-order valence-corrected chi connectivity index (χ2v) is 8.86. The zero-order valence-corrected chi connectivity index (χ0v) is 19.1. The molecule has 0 saturated carbocycles. The summed E-state index contributed by atoms with van der Waals surface area (Å²) in [6.07, 6.45) is 3.39. The van der Waals surface area contributed by atoms with E-state index in [1.165, 1.54) is 33.2 Å². The van der Waals surface area contributed by atoms with Gasteiger partial charge in [0.15, 0.2) is 0 Å². The zero-order valence-electron chi connectivity index (χ0n) is 19.1. The van der Waals surface area contributed by atoms with E-state index in [1.54, 1.807) is 0 Å². The highest BCUT2D eigenvalue weighted by Crippen LogP contribution is 2.48. The Kier molecular flexibility index (Phi) is 5.10. The Morgan fingerprint density at radius 1 is 0.794 bits per heavy atom. The monoisotopic (exact) mass is 443 g/mol. The fraction of sp³-hybridized carbons (Fsp3) is 0.161. The lowest BCUT2D eigenvalue weighted by molar-refractivity contribution is -0.147. The summed E-state index contributed by atoms with van der Waals surface area (Å²) >= 11 is 0. The Bertz CT molecular complexity index is 1520. The van der Waals surface area contributed by atoms with Crippen molar-refractivity contribution >= 4 is 27.6 Å². The predicted molar refractivity (Wildman–Crippen MR) is 138 cm³/mol. The number of carbonyl (C=O) groups excluding carboxylic acids is 1. The molecular formula is C31H25NO2. The van der Waals surface area contributed by atoms with Gasteiger partial charge in [-0.25, -0.2) is 0 Å². The molecule has 3 heteroatoms. The molecule has 34 heavy (non-hydrogen) atoms. The molecule has 166 valence electrons. The van der Waals surface area contributed by atoms with Gasteiger partial charge in [-0.1, -0.05) is 78.9 Å². The summed E-state index contributed by atoms with van der Waals surface area (Å²) in [4.78, 5) is 17.7. The lowest BCUT2D eigenvalue weighted by atomic mass is 9.84. The van der Waals surface area contributed by atoms with Crippen LogP contribution in [0.25, 0.3) is 43.9 Å². The molecule has 0 fully saturated rings. The number of para-hydroxylation sites is 1. The molecule has 0 radical (unpaired) electrons. The van der Waals surface area contributed by atoms with E-state index in [0.29, 0.717) is 19.4 Å². The summed E-state index contributed by atoms with van der Waals surface area (Å²) < 4.78 is 5.46. The predicted octanol–water partition coefficient (Wildman–Crippen LogP) is 7.00. The van der Waals surface area contributed by atoms with Crippen LogP contribution < -0.4 is 0 Å². The fourth-order valence-electron chi connectivity index (χ4n) is 5.52. The molecular weight excluding hydrogens is 418 g/mol. The van der Waals surface area contributed by atoms with Crippen molar-refractivity contribution in [1.29, 1.82) is 0 Å². The second kappa shape index (κ2) is 8.42. The second-order valence-electron chi connectivity index (χ2n) is 8.86. The van der Waals surface area contributed by atoms with Gasteiger partial charge in [0.05, 0.1) is 18.0 Å². The summed E-state index contributed by atoms with van der Waals surface area (Å²) in [6, 6.07) is 29.4. The minimum Gasteiger partial charge on any atom is -0.466 e. The van der Waals surface area contributed by atoms with Gasteiger partial charge >= 0.3 is 5.97 Å². The summed E-state index contributed by atoms with van der Waals surface area (Å²) in [7, 11) is 0. The number of hydrogen-bond donors (Lipinski definition) is 0. The quantitative estimate of drug-likeness (QED) is 0.222. The van der Waals surface area contributed by atoms with Crippen LogP contribution in [-0.4, -0.2) is 17.6 Å². The van der Waals surface area contributed by atoms with Crippen LogP contribution in [0.15, 0.2) is 91.1 Å². The normalized spacial score (nSPS) is 14.9. The minimum absolute atomic E-state index is 0.108. The van der Waals surface area contributed by atoms with E-state index in [0.717, 1.165) is 21.9 Å². The highest BCUT2D eigenvalue weighted by Gasteiger charge is 2.34. The van der Waals surface area contributed by atoms with Crippen LogP contribution in [0, 0.1) is 5.92 Å². The first-order valence-electron chi connectivity index (χ1n) is 11.9. The smallest absolute Gasteiger partial charge is 0.309 e. The van der Waals surface area contributed by atoms with Gasteiger partial charge in [-0.15, -0.1) is 0 Å². The molecule has 0 bridgehead atoms. The van der Waals surface area contributed by atoms with Crippen LogP contribution in [0.5, 0.6) is 0 Å². The Labute approximate surface area is 199 Å². The average Bonchev–Trinajstić information content (AvgIpc) is 3.33. The number of pyridine rings is 1. The van der Waals surface area contributed by atoms with Crippen molar-refractivity contribution in [3.05, 3.63) is 102 Å². The van der Waals surface area contributed by atoms with Crippen LogP contribution >= 0.6 is 0 Å². The van der Waals surface area contributed by atoms with Crippen molar-refractivity contribution < 1.29 is 9.53 Å². The van der Waals surface area contributed by atoms with E-state index in [9.17, 15) is 4.79 Å². The summed E-state index contributed by atoms with van der Waals surface area (Å²) in [5.74, 6) is -0.278. The van der Waals surface area contributed by atoms with E-state index < -0.39 is 0 Å². The van der Waals surface area contributed by atoms with Crippen LogP contribution in [0.4, 0.5) is 0 Å². The number of hydrogen-bond acceptors (Lipinski definition) is 3. The standard InChI is InChI=1S/C31H25NO2/c1-2-34-31(33)22-17-24-25(18-22)29(21-13-7-4-8-14-21)30-23-15-9-10-16-27(23)32-19-26(30)28(24)20-11-5-3-6-12-20/h3-16,19,22H,2,17-18H2,1H3. The average molecular weight is 444 g/mol. The van der Waals surface area contributed by atoms with Crippen molar-refractivity contribution in [3.63, 3.8) is 0 Å². The molecule has 1 aromatic heterocycles. The number of esters is 1. The van der Waals surface area contributed by atoms with Gasteiger partial charge in [0.1, 0.15) is 0 Å². The summed E-state index contributed by atoms with van der Waals surface area (Å²) in [5, 5.41) is 3.48. The highest BCUT2D eigenvalue weighted by molar-refractivity contribution is 6.18. The van der Waals surface area contributed by atoms with Crippen molar-refractivity contribution in [2.75, 3.05) is 6.61 Å². The Morgan fingerprint density at radius 2 is 1.38 bits per heavy atom. The number of benzene rings is 4. The van der Waals surface area contributed by atoms with Gasteiger partial charge in [-0.3, -0.25) is 9.78 Å². The SMILES string of the molecule is CCOC(=O)C1Cc2c(c(-c3ccccc3)c3c(cnc4ccccc43)c2-c2ccccc2)C1. The van der Waals surface area contributed by atoms with Crippen molar-refractivity contribution in [3.8, 4) is 22.3 Å². The van der Waals surface area contributed by atoms with Gasteiger partial charge in [0.2, 0.25) is 0 Å². The number of fused-ring (bicyclic) bond motifs is 4. The van der Waals surface area contributed by atoms with E-state index in [-0.39, 0.29) is 11.9 Å². The number of rotatable bonds is 4. The number of nitrogens with zero attached hydrogens (tertiary/aromatic N) is 1. The minimum atomic E-state index is -0.170. The van der Waals surface area contributed by atoms with Crippen LogP contribution in [0.3, 0.4) is 0 Å². The number of ether oxygens (including phenoxy) is 1. The van der Waals surface area contributed by atoms with Gasteiger partial charge < -0.3 is 4.74 Å². The topological polar surface area (TPSA) is 39.2 Å². The lowest BCUT2D eigenvalue weighted by Crippen LogP contribution is -2.17. The third-order valence-corrected chi connectivity index (χ3v) is 6.91. The van der Waals surface area contributed by atoms with Gasteiger partial charge in [-0.05, 0) is 59.2 Å². The van der Waals surface area contributed by atoms with E-state index in [1.807, 2.05) is 31.3 Å². The van der Waals surface area contributed by atoms with E-state index in [2.05, 4.69) is 66.7 Å².